The van der Waals surface area contributed by atoms with Gasteiger partial charge < -0.3 is 5.32 Å². The number of hydrogen-bond donors (Lipinski definition) is 1. The van der Waals surface area contributed by atoms with Gasteiger partial charge in [0.15, 0.2) is 5.82 Å². The first-order valence-electron chi connectivity index (χ1n) is 7.47. The molecule has 2 aromatic rings. The third-order valence-corrected chi connectivity index (χ3v) is 5.18. The number of tetrazole rings is 1. The van der Waals surface area contributed by atoms with E-state index in [1.807, 2.05) is 18.8 Å². The number of nitrogens with zero attached hydrogens (tertiary/aromatic N) is 4. The molecule has 112 valence electrons. The average Bonchev–Trinajstić information content (AvgIpc) is 3.09. The first-order valence-corrected chi connectivity index (χ1v) is 8.35. The fraction of sp³-hybridized carbons (Fsp3) is 0.533. The third kappa shape index (κ3) is 3.44. The van der Waals surface area contributed by atoms with Crippen LogP contribution in [0, 0.1) is 0 Å². The number of benzene rings is 1. The molecule has 0 bridgehead atoms. The summed E-state index contributed by atoms with van der Waals surface area (Å²) in [6.45, 7) is 3.22. The molecule has 1 aliphatic rings. The minimum Gasteiger partial charge on any atom is -0.312 e. The van der Waals surface area contributed by atoms with Gasteiger partial charge >= 0.3 is 0 Å². The second-order valence-electron chi connectivity index (χ2n) is 5.43. The molecule has 0 saturated heterocycles. The minimum absolute atomic E-state index is 0.381. The average molecular weight is 303 g/mol. The van der Waals surface area contributed by atoms with E-state index in [1.54, 1.807) is 0 Å². The molecule has 2 heterocycles. The van der Waals surface area contributed by atoms with Crippen LogP contribution in [0.2, 0.25) is 0 Å². The zero-order valence-electron chi connectivity index (χ0n) is 12.5. The van der Waals surface area contributed by atoms with E-state index < -0.39 is 0 Å². The summed E-state index contributed by atoms with van der Waals surface area (Å²) in [7, 11) is 1.81. The summed E-state index contributed by atoms with van der Waals surface area (Å²) in [5, 5.41) is 16.6. The molecule has 0 saturated carbocycles. The predicted octanol–water partition coefficient (Wildman–Crippen LogP) is 1.84. The van der Waals surface area contributed by atoms with Crippen molar-refractivity contribution in [2.45, 2.75) is 42.4 Å². The van der Waals surface area contributed by atoms with Crippen LogP contribution in [0.25, 0.3) is 0 Å². The Morgan fingerprint density at radius 3 is 3.00 bits per heavy atom. The number of fused-ring (bicyclic) bond motifs is 1. The number of thioether (sulfide) groups is 1. The topological polar surface area (TPSA) is 55.6 Å². The van der Waals surface area contributed by atoms with Crippen LogP contribution >= 0.6 is 11.8 Å². The van der Waals surface area contributed by atoms with Crippen LogP contribution in [0.4, 0.5) is 0 Å². The summed E-state index contributed by atoms with van der Waals surface area (Å²) < 4.78 is 0. The predicted molar refractivity (Wildman–Crippen MR) is 84.4 cm³/mol. The van der Waals surface area contributed by atoms with Crippen molar-refractivity contribution in [3.8, 4) is 0 Å². The lowest BCUT2D eigenvalue weighted by Gasteiger charge is -2.22. The van der Waals surface area contributed by atoms with E-state index in [9.17, 15) is 0 Å². The molecule has 6 heteroatoms. The van der Waals surface area contributed by atoms with Crippen molar-refractivity contribution in [1.29, 1.82) is 0 Å². The van der Waals surface area contributed by atoms with E-state index in [2.05, 4.69) is 51.9 Å². The zero-order chi connectivity index (χ0) is 14.7. The molecule has 1 aromatic heterocycles. The normalized spacial score (nSPS) is 18.7. The van der Waals surface area contributed by atoms with Gasteiger partial charge in [-0.15, -0.1) is 22.0 Å². The second kappa shape index (κ2) is 6.58. The quantitative estimate of drug-likeness (QED) is 0.882. The van der Waals surface area contributed by atoms with Crippen molar-refractivity contribution in [2.75, 3.05) is 6.54 Å². The lowest BCUT2D eigenvalue weighted by molar-refractivity contribution is 0.481. The van der Waals surface area contributed by atoms with E-state index in [0.717, 1.165) is 31.6 Å². The van der Waals surface area contributed by atoms with E-state index >= 15 is 0 Å². The number of hydrogen-bond acceptors (Lipinski definition) is 5. The van der Waals surface area contributed by atoms with Crippen molar-refractivity contribution in [3.05, 3.63) is 35.7 Å². The summed E-state index contributed by atoms with van der Waals surface area (Å²) in [5.41, 5.74) is 1.46. The fourth-order valence-electron chi connectivity index (χ4n) is 2.70. The molecule has 1 aliphatic heterocycles. The van der Waals surface area contributed by atoms with Crippen molar-refractivity contribution in [2.24, 2.45) is 7.05 Å². The Balaban J connectivity index is 1.71. The highest BCUT2D eigenvalue weighted by molar-refractivity contribution is 8.00. The van der Waals surface area contributed by atoms with E-state index in [4.69, 9.17) is 0 Å². The number of rotatable bonds is 6. The molecule has 0 spiro atoms. The van der Waals surface area contributed by atoms with Gasteiger partial charge in [-0.2, -0.15) is 4.80 Å². The molecule has 0 fully saturated rings. The lowest BCUT2D eigenvalue weighted by Crippen LogP contribution is -2.40. The zero-order valence-corrected chi connectivity index (χ0v) is 13.3. The molecule has 3 rings (SSSR count). The Hall–Kier alpha value is -1.40. The maximum atomic E-state index is 4.32. The Morgan fingerprint density at radius 1 is 1.43 bits per heavy atom. The number of aromatic nitrogens is 4. The molecule has 21 heavy (non-hydrogen) atoms. The Labute approximate surface area is 129 Å². The Bertz CT molecular complexity index is 572. The van der Waals surface area contributed by atoms with E-state index in [-0.39, 0.29) is 0 Å². The molecular weight excluding hydrogens is 282 g/mol. The fourth-order valence-corrected chi connectivity index (χ4v) is 4.11. The van der Waals surface area contributed by atoms with Gasteiger partial charge in [-0.05, 0) is 36.2 Å². The van der Waals surface area contributed by atoms with Gasteiger partial charge in [-0.1, -0.05) is 25.1 Å². The maximum Gasteiger partial charge on any atom is 0.176 e. The molecule has 0 radical (unpaired) electrons. The Kier molecular flexibility index (Phi) is 4.55. The molecule has 2 unspecified atom stereocenters. The van der Waals surface area contributed by atoms with Gasteiger partial charge in [0.1, 0.15) is 0 Å². The van der Waals surface area contributed by atoms with Crippen LogP contribution < -0.4 is 5.32 Å². The van der Waals surface area contributed by atoms with Crippen molar-refractivity contribution in [3.63, 3.8) is 0 Å². The Morgan fingerprint density at radius 2 is 2.29 bits per heavy atom. The number of aryl methyl sites for hydroxylation is 1. The molecule has 0 aliphatic carbocycles. The maximum absolute atomic E-state index is 4.32. The highest BCUT2D eigenvalue weighted by atomic mass is 32.2. The van der Waals surface area contributed by atoms with Gasteiger partial charge in [0, 0.05) is 22.6 Å². The van der Waals surface area contributed by atoms with Crippen LogP contribution in [-0.2, 0) is 19.9 Å². The summed E-state index contributed by atoms with van der Waals surface area (Å²) in [6, 6.07) is 9.08. The molecule has 2 atom stereocenters. The van der Waals surface area contributed by atoms with Crippen LogP contribution in [0.5, 0.6) is 0 Å². The monoisotopic (exact) mass is 303 g/mol. The first-order chi connectivity index (χ1) is 10.3. The molecular formula is C15H21N5S. The van der Waals surface area contributed by atoms with Gasteiger partial charge in [-0.25, -0.2) is 0 Å². The van der Waals surface area contributed by atoms with Crippen molar-refractivity contribution in [1.82, 2.24) is 25.5 Å². The first kappa shape index (κ1) is 14.5. The van der Waals surface area contributed by atoms with E-state index in [1.165, 1.54) is 15.3 Å². The molecule has 0 amide bonds. The van der Waals surface area contributed by atoms with Gasteiger partial charge in [0.2, 0.25) is 0 Å². The molecule has 5 nitrogen and oxygen atoms in total. The van der Waals surface area contributed by atoms with Gasteiger partial charge in [0.25, 0.3) is 0 Å². The highest BCUT2D eigenvalue weighted by Gasteiger charge is 2.30. The van der Waals surface area contributed by atoms with Crippen LogP contribution in [0.15, 0.2) is 29.2 Å². The summed E-state index contributed by atoms with van der Waals surface area (Å²) in [6.07, 6.45) is 3.08. The van der Waals surface area contributed by atoms with E-state index in [0.29, 0.717) is 11.3 Å². The van der Waals surface area contributed by atoms with Crippen molar-refractivity contribution < 1.29 is 0 Å². The van der Waals surface area contributed by atoms with Crippen molar-refractivity contribution >= 4 is 11.8 Å². The SMILES string of the molecule is CCCNC(Cc1nnn(C)n1)C1Cc2ccccc2S1. The highest BCUT2D eigenvalue weighted by Crippen LogP contribution is 2.38. The summed E-state index contributed by atoms with van der Waals surface area (Å²) in [5.74, 6) is 0.822. The second-order valence-corrected chi connectivity index (χ2v) is 6.71. The minimum atomic E-state index is 0.381. The third-order valence-electron chi connectivity index (χ3n) is 3.73. The van der Waals surface area contributed by atoms with Crippen LogP contribution in [0.3, 0.4) is 0 Å². The molecule has 1 aromatic carbocycles. The summed E-state index contributed by atoms with van der Waals surface area (Å²) >= 11 is 1.98. The smallest absolute Gasteiger partial charge is 0.176 e. The van der Waals surface area contributed by atoms with Crippen LogP contribution in [-0.4, -0.2) is 38.0 Å². The number of nitrogens with one attached hydrogen (secondary N) is 1. The largest absolute Gasteiger partial charge is 0.312 e. The van der Waals surface area contributed by atoms with Gasteiger partial charge in [0.05, 0.1) is 7.05 Å². The van der Waals surface area contributed by atoms with Crippen LogP contribution in [0.1, 0.15) is 24.7 Å². The standard InChI is InChI=1S/C15H21N5S/c1-3-8-16-12(10-15-17-19-20(2)18-15)14-9-11-6-4-5-7-13(11)21-14/h4-7,12,14,16H,3,8-10H2,1-2H3. The summed E-state index contributed by atoms with van der Waals surface area (Å²) in [4.78, 5) is 2.95. The lowest BCUT2D eigenvalue weighted by atomic mass is 10.0. The van der Waals surface area contributed by atoms with Gasteiger partial charge in [-0.3, -0.25) is 0 Å². The molecule has 1 N–H and O–H groups in total.